The SMILES string of the molecule is CCCON=CCCc1ccc(Oc2ccccc2)cc1. The van der Waals surface area contributed by atoms with Crippen LogP contribution in [0.3, 0.4) is 0 Å². The molecule has 110 valence electrons. The number of benzene rings is 2. The van der Waals surface area contributed by atoms with Gasteiger partial charge in [-0.2, -0.15) is 0 Å². The van der Waals surface area contributed by atoms with E-state index >= 15 is 0 Å². The number of ether oxygens (including phenoxy) is 1. The number of nitrogens with zero attached hydrogens (tertiary/aromatic N) is 1. The van der Waals surface area contributed by atoms with Crippen molar-refractivity contribution < 1.29 is 9.57 Å². The van der Waals surface area contributed by atoms with Crippen molar-refractivity contribution in [3.63, 3.8) is 0 Å². The lowest BCUT2D eigenvalue weighted by atomic mass is 10.1. The lowest BCUT2D eigenvalue weighted by Crippen LogP contribution is -1.89. The maximum Gasteiger partial charge on any atom is 0.127 e. The predicted molar refractivity (Wildman–Crippen MR) is 86.0 cm³/mol. The fraction of sp³-hybridized carbons (Fsp3) is 0.278. The fourth-order valence-electron chi connectivity index (χ4n) is 1.83. The van der Waals surface area contributed by atoms with Crippen molar-refractivity contribution in [2.45, 2.75) is 26.2 Å². The van der Waals surface area contributed by atoms with E-state index in [1.165, 1.54) is 5.56 Å². The highest BCUT2D eigenvalue weighted by atomic mass is 16.6. The third kappa shape index (κ3) is 5.69. The van der Waals surface area contributed by atoms with E-state index in [2.05, 4.69) is 24.2 Å². The van der Waals surface area contributed by atoms with E-state index in [0.717, 1.165) is 30.8 Å². The van der Waals surface area contributed by atoms with Gasteiger partial charge in [-0.3, -0.25) is 0 Å². The first kappa shape index (κ1) is 15.1. The van der Waals surface area contributed by atoms with Gasteiger partial charge >= 0.3 is 0 Å². The Morgan fingerprint density at radius 2 is 1.67 bits per heavy atom. The third-order valence-corrected chi connectivity index (χ3v) is 2.91. The molecular formula is C18H21NO2. The minimum absolute atomic E-state index is 0.683. The molecule has 0 atom stereocenters. The Balaban J connectivity index is 1.78. The Bertz CT molecular complexity index is 535. The number of hydrogen-bond acceptors (Lipinski definition) is 3. The van der Waals surface area contributed by atoms with E-state index in [1.54, 1.807) is 0 Å². The van der Waals surface area contributed by atoms with Gasteiger partial charge in [-0.1, -0.05) is 42.4 Å². The summed E-state index contributed by atoms with van der Waals surface area (Å²) in [5, 5.41) is 3.90. The van der Waals surface area contributed by atoms with E-state index < -0.39 is 0 Å². The van der Waals surface area contributed by atoms with Crippen LogP contribution in [0.25, 0.3) is 0 Å². The summed E-state index contributed by atoms with van der Waals surface area (Å²) in [4.78, 5) is 5.06. The number of aryl methyl sites for hydroxylation is 1. The number of hydrogen-bond donors (Lipinski definition) is 0. The van der Waals surface area contributed by atoms with Crippen LogP contribution in [0.5, 0.6) is 11.5 Å². The van der Waals surface area contributed by atoms with Crippen molar-refractivity contribution in [3.05, 3.63) is 60.2 Å². The molecule has 21 heavy (non-hydrogen) atoms. The summed E-state index contributed by atoms with van der Waals surface area (Å²) >= 11 is 0. The lowest BCUT2D eigenvalue weighted by Gasteiger charge is -2.06. The molecule has 0 aromatic heterocycles. The zero-order chi connectivity index (χ0) is 14.8. The summed E-state index contributed by atoms with van der Waals surface area (Å²) in [5.41, 5.74) is 1.26. The van der Waals surface area contributed by atoms with Crippen LogP contribution >= 0.6 is 0 Å². The summed E-state index contributed by atoms with van der Waals surface area (Å²) in [6.45, 7) is 2.75. The van der Waals surface area contributed by atoms with Gasteiger partial charge in [0.05, 0.1) is 0 Å². The monoisotopic (exact) mass is 283 g/mol. The van der Waals surface area contributed by atoms with E-state index in [0.29, 0.717) is 6.61 Å². The molecule has 0 N–H and O–H groups in total. The Labute approximate surface area is 126 Å². The molecular weight excluding hydrogens is 262 g/mol. The average molecular weight is 283 g/mol. The molecule has 0 radical (unpaired) electrons. The van der Waals surface area contributed by atoms with Crippen molar-refractivity contribution in [2.24, 2.45) is 5.16 Å². The second-order valence-corrected chi connectivity index (χ2v) is 4.72. The maximum absolute atomic E-state index is 5.76. The molecule has 2 aromatic rings. The molecule has 0 saturated heterocycles. The van der Waals surface area contributed by atoms with Crippen molar-refractivity contribution in [1.29, 1.82) is 0 Å². The number of rotatable bonds is 8. The summed E-state index contributed by atoms with van der Waals surface area (Å²) < 4.78 is 5.76. The van der Waals surface area contributed by atoms with Crippen LogP contribution in [-0.4, -0.2) is 12.8 Å². The fourth-order valence-corrected chi connectivity index (χ4v) is 1.83. The first-order chi connectivity index (χ1) is 10.4. The summed E-state index contributed by atoms with van der Waals surface area (Å²) in [5.74, 6) is 1.70. The molecule has 0 saturated carbocycles. The third-order valence-electron chi connectivity index (χ3n) is 2.91. The van der Waals surface area contributed by atoms with Crippen LogP contribution in [0.15, 0.2) is 59.8 Å². The molecule has 0 fully saturated rings. The molecule has 2 aromatic carbocycles. The minimum Gasteiger partial charge on any atom is -0.457 e. The molecule has 0 aliphatic heterocycles. The van der Waals surface area contributed by atoms with Crippen molar-refractivity contribution >= 4 is 6.21 Å². The standard InChI is InChI=1S/C18H21NO2/c1-2-15-20-19-14-6-7-16-10-12-18(13-11-16)21-17-8-4-3-5-9-17/h3-5,8-14H,2,6-7,15H2,1H3. The van der Waals surface area contributed by atoms with Gasteiger partial charge in [-0.25, -0.2) is 0 Å². The first-order valence-corrected chi connectivity index (χ1v) is 7.34. The predicted octanol–water partition coefficient (Wildman–Crippen LogP) is 4.82. The van der Waals surface area contributed by atoms with Crippen molar-refractivity contribution in [1.82, 2.24) is 0 Å². The molecule has 0 unspecified atom stereocenters. The largest absolute Gasteiger partial charge is 0.457 e. The summed E-state index contributed by atoms with van der Waals surface area (Å²) in [6, 6.07) is 17.9. The second-order valence-electron chi connectivity index (χ2n) is 4.72. The highest BCUT2D eigenvalue weighted by molar-refractivity contribution is 5.56. The van der Waals surface area contributed by atoms with Crippen LogP contribution in [0, 0.1) is 0 Å². The van der Waals surface area contributed by atoms with Crippen LogP contribution in [0.2, 0.25) is 0 Å². The van der Waals surface area contributed by atoms with E-state index in [9.17, 15) is 0 Å². The summed E-state index contributed by atoms with van der Waals surface area (Å²) in [7, 11) is 0. The molecule has 3 nitrogen and oxygen atoms in total. The van der Waals surface area contributed by atoms with Crippen molar-refractivity contribution in [2.75, 3.05) is 6.61 Å². The molecule has 0 spiro atoms. The van der Waals surface area contributed by atoms with Crippen LogP contribution in [0.1, 0.15) is 25.3 Å². The smallest absolute Gasteiger partial charge is 0.127 e. The molecule has 0 aliphatic rings. The number of para-hydroxylation sites is 1. The lowest BCUT2D eigenvalue weighted by molar-refractivity contribution is 0.146. The molecule has 3 heteroatoms. The zero-order valence-corrected chi connectivity index (χ0v) is 12.4. The Morgan fingerprint density at radius 1 is 0.952 bits per heavy atom. The average Bonchev–Trinajstić information content (AvgIpc) is 2.53. The maximum atomic E-state index is 5.76. The molecule has 0 amide bonds. The van der Waals surface area contributed by atoms with E-state index in [-0.39, 0.29) is 0 Å². The normalized spacial score (nSPS) is 10.7. The quantitative estimate of drug-likeness (QED) is 0.395. The molecule has 0 heterocycles. The topological polar surface area (TPSA) is 30.8 Å². The number of oxime groups is 1. The van der Waals surface area contributed by atoms with E-state index in [1.807, 2.05) is 48.7 Å². The first-order valence-electron chi connectivity index (χ1n) is 7.34. The zero-order valence-electron chi connectivity index (χ0n) is 12.4. The Hall–Kier alpha value is -2.29. The van der Waals surface area contributed by atoms with Crippen LogP contribution in [-0.2, 0) is 11.3 Å². The van der Waals surface area contributed by atoms with Crippen molar-refractivity contribution in [3.8, 4) is 11.5 Å². The van der Waals surface area contributed by atoms with Gasteiger partial charge in [0, 0.05) is 6.21 Å². The van der Waals surface area contributed by atoms with Gasteiger partial charge < -0.3 is 9.57 Å². The molecule has 2 rings (SSSR count). The highest BCUT2D eigenvalue weighted by Gasteiger charge is 1.97. The van der Waals surface area contributed by atoms with Gasteiger partial charge in [-0.05, 0) is 49.1 Å². The van der Waals surface area contributed by atoms with Gasteiger partial charge in [0.25, 0.3) is 0 Å². The summed E-state index contributed by atoms with van der Waals surface area (Å²) in [6.07, 6.45) is 4.64. The molecule has 0 aliphatic carbocycles. The Morgan fingerprint density at radius 3 is 2.38 bits per heavy atom. The van der Waals surface area contributed by atoms with Gasteiger partial charge in [0.2, 0.25) is 0 Å². The highest BCUT2D eigenvalue weighted by Crippen LogP contribution is 2.21. The second kappa shape index (κ2) is 8.80. The minimum atomic E-state index is 0.683. The van der Waals surface area contributed by atoms with Gasteiger partial charge in [0.1, 0.15) is 18.1 Å². The van der Waals surface area contributed by atoms with Gasteiger partial charge in [0.15, 0.2) is 0 Å². The van der Waals surface area contributed by atoms with E-state index in [4.69, 9.17) is 9.57 Å². The van der Waals surface area contributed by atoms with Crippen LogP contribution in [0.4, 0.5) is 0 Å². The Kier molecular flexibility index (Phi) is 6.33. The van der Waals surface area contributed by atoms with Crippen LogP contribution < -0.4 is 4.74 Å². The van der Waals surface area contributed by atoms with Gasteiger partial charge in [-0.15, -0.1) is 0 Å². The molecule has 0 bridgehead atoms.